The quantitative estimate of drug-likeness (QED) is 0.622. The second-order valence-electron chi connectivity index (χ2n) is 8.17. The fraction of sp³-hybridized carbons (Fsp3) is 0.308. The van der Waals surface area contributed by atoms with Crippen LogP contribution in [0.25, 0.3) is 0 Å². The van der Waals surface area contributed by atoms with Crippen molar-refractivity contribution in [3.05, 3.63) is 95.3 Å². The maximum Gasteiger partial charge on any atom is 0.317 e. The molecule has 31 heavy (non-hydrogen) atoms. The van der Waals surface area contributed by atoms with Crippen molar-refractivity contribution in [2.75, 3.05) is 7.05 Å². The Hall–Kier alpha value is -3.34. The summed E-state index contributed by atoms with van der Waals surface area (Å²) in [5, 5.41) is 3.13. The first kappa shape index (κ1) is 20.9. The minimum absolute atomic E-state index is 0.0335. The van der Waals surface area contributed by atoms with E-state index in [-0.39, 0.29) is 18.1 Å². The molecule has 0 bridgehead atoms. The Morgan fingerprint density at radius 3 is 2.65 bits per heavy atom. The van der Waals surface area contributed by atoms with E-state index in [0.717, 1.165) is 36.1 Å². The summed E-state index contributed by atoms with van der Waals surface area (Å²) in [5.74, 6) is 0.795. The normalized spacial score (nSPS) is 16.1. The monoisotopic (exact) mass is 415 g/mol. The second-order valence-corrected chi connectivity index (χ2v) is 8.17. The van der Waals surface area contributed by atoms with Gasteiger partial charge in [0, 0.05) is 31.0 Å². The fourth-order valence-electron chi connectivity index (χ4n) is 4.05. The van der Waals surface area contributed by atoms with Gasteiger partial charge in [-0.15, -0.1) is 0 Å². The van der Waals surface area contributed by atoms with Crippen molar-refractivity contribution in [2.24, 2.45) is 0 Å². The van der Waals surface area contributed by atoms with E-state index in [0.29, 0.717) is 6.61 Å². The van der Waals surface area contributed by atoms with Crippen molar-refractivity contribution in [1.29, 1.82) is 0 Å². The Balaban J connectivity index is 1.30. The molecular weight excluding hydrogens is 386 g/mol. The van der Waals surface area contributed by atoms with E-state index in [9.17, 15) is 4.79 Å². The molecule has 0 spiro atoms. The molecule has 2 unspecified atom stereocenters. The number of pyridine rings is 1. The molecule has 3 aromatic rings. The van der Waals surface area contributed by atoms with Crippen molar-refractivity contribution >= 4 is 6.03 Å². The molecule has 1 heterocycles. The molecule has 0 saturated carbocycles. The topological polar surface area (TPSA) is 54.5 Å². The first-order chi connectivity index (χ1) is 15.1. The number of hydrogen-bond acceptors (Lipinski definition) is 3. The lowest BCUT2D eigenvalue weighted by Gasteiger charge is -2.33. The molecule has 2 amide bonds. The number of aryl methyl sites for hydroxylation is 1. The van der Waals surface area contributed by atoms with Crippen LogP contribution < -0.4 is 10.1 Å². The molecule has 0 aliphatic heterocycles. The number of nitrogens with zero attached hydrogens (tertiary/aromatic N) is 2. The van der Waals surface area contributed by atoms with E-state index in [4.69, 9.17) is 4.74 Å². The van der Waals surface area contributed by atoms with Gasteiger partial charge in [-0.1, -0.05) is 42.5 Å². The number of carbonyl (C=O) groups excluding carboxylic acids is 1. The Kier molecular flexibility index (Phi) is 6.51. The number of urea groups is 1. The van der Waals surface area contributed by atoms with Crippen LogP contribution >= 0.6 is 0 Å². The number of ether oxygens (including phenoxy) is 1. The first-order valence-corrected chi connectivity index (χ1v) is 10.8. The van der Waals surface area contributed by atoms with E-state index in [1.165, 1.54) is 11.1 Å². The van der Waals surface area contributed by atoms with Crippen LogP contribution in [0.2, 0.25) is 0 Å². The number of rotatable bonds is 6. The predicted octanol–water partition coefficient (Wildman–Crippen LogP) is 4.92. The van der Waals surface area contributed by atoms with Crippen molar-refractivity contribution in [1.82, 2.24) is 15.2 Å². The molecule has 1 aliphatic rings. The smallest absolute Gasteiger partial charge is 0.317 e. The largest absolute Gasteiger partial charge is 0.489 e. The molecule has 5 heteroatoms. The van der Waals surface area contributed by atoms with Gasteiger partial charge in [0.2, 0.25) is 0 Å². The summed E-state index contributed by atoms with van der Waals surface area (Å²) in [6, 6.07) is 20.4. The number of amides is 2. The SMILES string of the molecule is CC(NC(=O)N(C)C1CCc2ccccc2C1)c1ccc(OCc2cccnc2)cc1. The number of benzene rings is 2. The lowest BCUT2D eigenvalue weighted by atomic mass is 9.88. The highest BCUT2D eigenvalue weighted by atomic mass is 16.5. The Morgan fingerprint density at radius 2 is 1.90 bits per heavy atom. The van der Waals surface area contributed by atoms with Gasteiger partial charge in [-0.05, 0) is 61.1 Å². The van der Waals surface area contributed by atoms with E-state index < -0.39 is 0 Å². The maximum absolute atomic E-state index is 12.8. The number of nitrogens with one attached hydrogen (secondary N) is 1. The zero-order valence-corrected chi connectivity index (χ0v) is 18.1. The third kappa shape index (κ3) is 5.23. The van der Waals surface area contributed by atoms with Gasteiger partial charge in [0.15, 0.2) is 0 Å². The summed E-state index contributed by atoms with van der Waals surface area (Å²) in [6.45, 7) is 2.49. The van der Waals surface area contributed by atoms with Gasteiger partial charge >= 0.3 is 6.03 Å². The highest BCUT2D eigenvalue weighted by Crippen LogP contribution is 2.24. The van der Waals surface area contributed by atoms with Gasteiger partial charge in [0.1, 0.15) is 12.4 Å². The van der Waals surface area contributed by atoms with Crippen LogP contribution in [0, 0.1) is 0 Å². The van der Waals surface area contributed by atoms with Crippen LogP contribution in [0.4, 0.5) is 4.79 Å². The average molecular weight is 416 g/mol. The molecule has 0 fully saturated rings. The van der Waals surface area contributed by atoms with Crippen molar-refractivity contribution in [3.8, 4) is 5.75 Å². The molecule has 1 aliphatic carbocycles. The lowest BCUT2D eigenvalue weighted by molar-refractivity contribution is 0.181. The van der Waals surface area contributed by atoms with Crippen LogP contribution in [-0.4, -0.2) is 29.0 Å². The Morgan fingerprint density at radius 1 is 1.13 bits per heavy atom. The van der Waals surface area contributed by atoms with Gasteiger partial charge in [-0.2, -0.15) is 0 Å². The number of hydrogen-bond donors (Lipinski definition) is 1. The van der Waals surface area contributed by atoms with Gasteiger partial charge in [-0.25, -0.2) is 4.79 Å². The maximum atomic E-state index is 12.8. The van der Waals surface area contributed by atoms with E-state index in [1.54, 1.807) is 12.4 Å². The van der Waals surface area contributed by atoms with Crippen LogP contribution in [0.5, 0.6) is 5.75 Å². The number of fused-ring (bicyclic) bond motifs is 1. The molecule has 0 saturated heterocycles. The van der Waals surface area contributed by atoms with E-state index >= 15 is 0 Å². The molecule has 1 N–H and O–H groups in total. The third-order valence-corrected chi connectivity index (χ3v) is 6.04. The molecule has 2 atom stereocenters. The predicted molar refractivity (Wildman–Crippen MR) is 122 cm³/mol. The average Bonchev–Trinajstić information content (AvgIpc) is 2.83. The first-order valence-electron chi connectivity index (χ1n) is 10.8. The molecule has 2 aromatic carbocycles. The summed E-state index contributed by atoms with van der Waals surface area (Å²) in [6.07, 6.45) is 6.48. The van der Waals surface area contributed by atoms with E-state index in [2.05, 4.69) is 34.6 Å². The summed E-state index contributed by atoms with van der Waals surface area (Å²) in [4.78, 5) is 18.8. The Bertz CT molecular complexity index is 1000. The summed E-state index contributed by atoms with van der Waals surface area (Å²) < 4.78 is 5.82. The highest BCUT2D eigenvalue weighted by molar-refractivity contribution is 5.75. The van der Waals surface area contributed by atoms with Gasteiger partial charge < -0.3 is 15.0 Å². The van der Waals surface area contributed by atoms with Crippen LogP contribution in [-0.2, 0) is 19.4 Å². The zero-order valence-electron chi connectivity index (χ0n) is 18.1. The van der Waals surface area contributed by atoms with Crippen molar-refractivity contribution in [3.63, 3.8) is 0 Å². The van der Waals surface area contributed by atoms with Crippen molar-refractivity contribution < 1.29 is 9.53 Å². The minimum atomic E-state index is -0.0850. The minimum Gasteiger partial charge on any atom is -0.489 e. The van der Waals surface area contributed by atoms with Crippen LogP contribution in [0.15, 0.2) is 73.1 Å². The number of aromatic nitrogens is 1. The molecular formula is C26H29N3O2. The number of likely N-dealkylation sites (N-methyl/N-ethyl adjacent to an activating group) is 1. The van der Waals surface area contributed by atoms with Crippen molar-refractivity contribution in [2.45, 2.75) is 44.9 Å². The lowest BCUT2D eigenvalue weighted by Crippen LogP contribution is -2.46. The second kappa shape index (κ2) is 9.65. The summed E-state index contributed by atoms with van der Waals surface area (Å²) in [7, 11) is 1.90. The number of carbonyl (C=O) groups is 1. The third-order valence-electron chi connectivity index (χ3n) is 6.04. The summed E-state index contributed by atoms with van der Waals surface area (Å²) in [5.41, 5.74) is 4.84. The summed E-state index contributed by atoms with van der Waals surface area (Å²) >= 11 is 0. The van der Waals surface area contributed by atoms with Crippen LogP contribution in [0.3, 0.4) is 0 Å². The van der Waals surface area contributed by atoms with Gasteiger partial charge in [-0.3, -0.25) is 4.98 Å². The van der Waals surface area contributed by atoms with Crippen LogP contribution in [0.1, 0.15) is 41.6 Å². The molecule has 5 nitrogen and oxygen atoms in total. The van der Waals surface area contributed by atoms with E-state index in [1.807, 2.05) is 55.3 Å². The molecule has 4 rings (SSSR count). The molecule has 0 radical (unpaired) electrons. The van der Waals surface area contributed by atoms with Gasteiger partial charge in [0.05, 0.1) is 6.04 Å². The fourth-order valence-corrected chi connectivity index (χ4v) is 4.05. The molecule has 1 aromatic heterocycles. The Labute approximate surface area is 184 Å². The van der Waals surface area contributed by atoms with Gasteiger partial charge in [0.25, 0.3) is 0 Å². The standard InChI is InChI=1S/C26H29N3O2/c1-19(21-10-13-25(14-11-21)31-18-20-6-5-15-27-17-20)28-26(30)29(2)24-12-9-22-7-3-4-8-23(22)16-24/h3-8,10-11,13-15,17,19,24H,9,12,16,18H2,1-2H3,(H,28,30). The molecule has 160 valence electrons. The zero-order chi connectivity index (χ0) is 21.6. The highest BCUT2D eigenvalue weighted by Gasteiger charge is 2.25.